The maximum Gasteiger partial charge on any atom is 0.279 e. The molecule has 0 spiro atoms. The molecule has 0 bridgehead atoms. The highest BCUT2D eigenvalue weighted by molar-refractivity contribution is 7.17. The number of imidazole rings is 1. The van der Waals surface area contributed by atoms with Crippen LogP contribution in [0.1, 0.15) is 45.3 Å². The molecular formula is C22H27N5O5S. The third-order valence-electron chi connectivity index (χ3n) is 5.27. The summed E-state index contributed by atoms with van der Waals surface area (Å²) in [5.41, 5.74) is 1.97. The molecule has 1 atom stereocenters. The molecule has 1 aliphatic rings. The molecule has 3 heterocycles. The van der Waals surface area contributed by atoms with Gasteiger partial charge in [0, 0.05) is 18.0 Å². The van der Waals surface area contributed by atoms with E-state index in [1.165, 1.54) is 18.4 Å². The van der Waals surface area contributed by atoms with Crippen molar-refractivity contribution < 1.29 is 24.6 Å². The van der Waals surface area contributed by atoms with Gasteiger partial charge < -0.3 is 25.4 Å². The van der Waals surface area contributed by atoms with Crippen molar-refractivity contribution in [2.24, 2.45) is 0 Å². The Morgan fingerprint density at radius 2 is 2.06 bits per heavy atom. The van der Waals surface area contributed by atoms with Crippen molar-refractivity contribution in [2.75, 3.05) is 25.5 Å². The van der Waals surface area contributed by atoms with Crippen LogP contribution in [0.15, 0.2) is 24.3 Å². The number of carbonyl (C=O) groups is 2. The van der Waals surface area contributed by atoms with Gasteiger partial charge in [-0.15, -0.1) is 11.3 Å². The van der Waals surface area contributed by atoms with E-state index in [-0.39, 0.29) is 43.5 Å². The van der Waals surface area contributed by atoms with Crippen LogP contribution in [-0.2, 0) is 18.0 Å². The summed E-state index contributed by atoms with van der Waals surface area (Å²) < 4.78 is 1.84. The summed E-state index contributed by atoms with van der Waals surface area (Å²) >= 11 is 1.30. The van der Waals surface area contributed by atoms with Gasteiger partial charge in [0.25, 0.3) is 11.8 Å². The topological polar surface area (TPSA) is 129 Å². The molecule has 1 fully saturated rings. The molecule has 4 N–H and O–H groups in total. The molecule has 0 aliphatic carbocycles. The lowest BCUT2D eigenvalue weighted by Crippen LogP contribution is -2.32. The average Bonchev–Trinajstić information content (AvgIpc) is 3.48. The van der Waals surface area contributed by atoms with Gasteiger partial charge in [0.15, 0.2) is 0 Å². The lowest BCUT2D eigenvalue weighted by molar-refractivity contribution is -0.0780. The maximum atomic E-state index is 13.5. The highest BCUT2D eigenvalue weighted by Crippen LogP contribution is 2.37. The Balaban J connectivity index is 1.87. The number of amides is 2. The molecule has 2 aromatic heterocycles. The minimum Gasteiger partial charge on any atom is -0.389 e. The Labute approximate surface area is 194 Å². The van der Waals surface area contributed by atoms with Crippen molar-refractivity contribution in [3.8, 4) is 0 Å². The Kier molecular flexibility index (Phi) is 6.66. The summed E-state index contributed by atoms with van der Waals surface area (Å²) in [5, 5.41) is 27.3. The van der Waals surface area contributed by atoms with Gasteiger partial charge in [0.2, 0.25) is 0 Å². The number of carbonyl (C=O) groups excluding carboxylic acids is 2. The quantitative estimate of drug-likeness (QED) is 0.410. The van der Waals surface area contributed by atoms with Crippen molar-refractivity contribution in [2.45, 2.75) is 39.1 Å². The molecule has 10 nitrogen and oxygen atoms in total. The van der Waals surface area contributed by atoms with Gasteiger partial charge in [0.1, 0.15) is 30.1 Å². The van der Waals surface area contributed by atoms with Gasteiger partial charge >= 0.3 is 0 Å². The summed E-state index contributed by atoms with van der Waals surface area (Å²) in [7, 11) is 1.51. The minimum absolute atomic E-state index is 0.0123. The number of aromatic nitrogens is 2. The van der Waals surface area contributed by atoms with Crippen LogP contribution < -0.4 is 10.6 Å². The number of anilines is 1. The van der Waals surface area contributed by atoms with Gasteiger partial charge in [-0.1, -0.05) is 12.1 Å². The second-order valence-corrected chi connectivity index (χ2v) is 9.16. The van der Waals surface area contributed by atoms with Crippen LogP contribution in [0.2, 0.25) is 0 Å². The van der Waals surface area contributed by atoms with Gasteiger partial charge in [-0.3, -0.25) is 14.4 Å². The summed E-state index contributed by atoms with van der Waals surface area (Å²) in [6, 6.07) is 7.51. The Morgan fingerprint density at radius 3 is 2.70 bits per heavy atom. The molecule has 0 radical (unpaired) electrons. The summed E-state index contributed by atoms with van der Waals surface area (Å²) in [6.45, 7) is 3.87. The van der Waals surface area contributed by atoms with Crippen molar-refractivity contribution in [1.82, 2.24) is 19.9 Å². The summed E-state index contributed by atoms with van der Waals surface area (Å²) in [6.07, 6.45) is -0.786. The van der Waals surface area contributed by atoms with Crippen LogP contribution in [0.4, 0.5) is 5.00 Å². The molecule has 0 unspecified atom stereocenters. The van der Waals surface area contributed by atoms with E-state index in [2.05, 4.69) is 15.6 Å². The summed E-state index contributed by atoms with van der Waals surface area (Å²) in [4.78, 5) is 36.9. The van der Waals surface area contributed by atoms with Crippen molar-refractivity contribution in [1.29, 1.82) is 0 Å². The van der Waals surface area contributed by atoms with Gasteiger partial charge in [-0.2, -0.15) is 0 Å². The number of thiophene rings is 1. The second kappa shape index (κ2) is 9.48. The zero-order valence-electron chi connectivity index (χ0n) is 18.7. The number of fused-ring (bicyclic) bond motifs is 1. The summed E-state index contributed by atoms with van der Waals surface area (Å²) in [5.74, 6) is -0.444. The predicted octanol–water partition coefficient (Wildman–Crippen LogP) is 1.57. The zero-order chi connectivity index (χ0) is 23.7. The van der Waals surface area contributed by atoms with Crippen LogP contribution in [0.3, 0.4) is 0 Å². The largest absolute Gasteiger partial charge is 0.389 e. The van der Waals surface area contributed by atoms with E-state index < -0.39 is 17.9 Å². The second-order valence-electron chi connectivity index (χ2n) is 8.06. The van der Waals surface area contributed by atoms with Crippen molar-refractivity contribution >= 4 is 39.2 Å². The zero-order valence-corrected chi connectivity index (χ0v) is 19.5. The number of aliphatic hydroxyl groups excluding tert-OH is 2. The average molecular weight is 474 g/mol. The number of nitrogens with one attached hydrogen (secondary N) is 2. The van der Waals surface area contributed by atoms with E-state index >= 15 is 0 Å². The van der Waals surface area contributed by atoms with Gasteiger partial charge in [-0.25, -0.2) is 10.0 Å². The highest BCUT2D eigenvalue weighted by Gasteiger charge is 2.35. The number of benzene rings is 1. The first-order valence-corrected chi connectivity index (χ1v) is 11.5. The number of para-hydroxylation sites is 2. The lowest BCUT2D eigenvalue weighted by Gasteiger charge is -2.16. The molecule has 3 aromatic rings. The van der Waals surface area contributed by atoms with Gasteiger partial charge in [-0.05, 0) is 26.0 Å². The number of rotatable bonds is 7. The van der Waals surface area contributed by atoms with E-state index in [0.717, 1.165) is 16.1 Å². The first-order chi connectivity index (χ1) is 15.8. The fraction of sp³-hybridized carbons (Fsp3) is 0.409. The van der Waals surface area contributed by atoms with Crippen LogP contribution in [0.25, 0.3) is 11.0 Å². The number of nitrogens with zero attached hydrogens (tertiary/aromatic N) is 3. The fourth-order valence-electron chi connectivity index (χ4n) is 3.83. The fourth-order valence-corrected chi connectivity index (χ4v) is 5.15. The molecule has 11 heteroatoms. The minimum atomic E-state index is -0.786. The molecule has 4 rings (SSSR count). The molecule has 1 aromatic carbocycles. The molecule has 33 heavy (non-hydrogen) atoms. The van der Waals surface area contributed by atoms with Crippen molar-refractivity contribution in [3.05, 3.63) is 46.1 Å². The number of aliphatic hydroxyl groups is 2. The number of hydrogen-bond donors (Lipinski definition) is 4. The van der Waals surface area contributed by atoms with Crippen LogP contribution in [0.5, 0.6) is 0 Å². The normalized spacial score (nSPS) is 16.1. The lowest BCUT2D eigenvalue weighted by atomic mass is 10.1. The first-order valence-electron chi connectivity index (χ1n) is 10.7. The standard InChI is InChI=1S/C22H27N5O5S/c1-12(2)24-21-19(20(30)23-3)18(22(31)27-8-13(29)11-32-27)16(33-21)9-26-15-7-5-4-6-14(15)25-17(26)10-28/h4-7,12-13,24,28-29H,8-11H2,1-3H3,(H,23,30)/t13-/m0/s1. The van der Waals surface area contributed by atoms with Crippen molar-refractivity contribution in [3.63, 3.8) is 0 Å². The van der Waals surface area contributed by atoms with Crippen LogP contribution in [-0.4, -0.2) is 69.0 Å². The third-order valence-corrected chi connectivity index (χ3v) is 6.38. The van der Waals surface area contributed by atoms with Crippen LogP contribution in [0, 0.1) is 0 Å². The van der Waals surface area contributed by atoms with E-state index in [1.54, 1.807) is 0 Å². The van der Waals surface area contributed by atoms with Gasteiger partial charge in [0.05, 0.1) is 35.2 Å². The number of β-amino-alcohol motifs (C(OH)–C–C–N with tert-alkyl or cyclic N) is 1. The molecule has 1 aliphatic heterocycles. The number of hydrogen-bond acceptors (Lipinski definition) is 8. The molecule has 176 valence electrons. The smallest absolute Gasteiger partial charge is 0.279 e. The van der Waals surface area contributed by atoms with E-state index in [4.69, 9.17) is 4.84 Å². The SMILES string of the molecule is CNC(=O)c1c(NC(C)C)sc(Cn2c(CO)nc3ccccc32)c1C(=O)N1C[C@H](O)CO1. The molecule has 1 saturated heterocycles. The Hall–Kier alpha value is -2.99. The predicted molar refractivity (Wildman–Crippen MR) is 124 cm³/mol. The Morgan fingerprint density at radius 1 is 1.30 bits per heavy atom. The molecule has 0 saturated carbocycles. The maximum absolute atomic E-state index is 13.5. The monoisotopic (exact) mass is 473 g/mol. The Bertz CT molecular complexity index is 1190. The molecule has 2 amide bonds. The first kappa shape index (κ1) is 23.2. The van der Waals surface area contributed by atoms with E-state index in [1.807, 2.05) is 42.7 Å². The van der Waals surface area contributed by atoms with Crippen LogP contribution >= 0.6 is 11.3 Å². The number of hydroxylamine groups is 2. The molecular weight excluding hydrogens is 446 g/mol. The van der Waals surface area contributed by atoms with E-state index in [0.29, 0.717) is 15.7 Å². The highest BCUT2D eigenvalue weighted by atomic mass is 32.1. The van der Waals surface area contributed by atoms with E-state index in [9.17, 15) is 19.8 Å². The third kappa shape index (κ3) is 4.44.